The number of rotatable bonds is 3. The lowest BCUT2D eigenvalue weighted by Gasteiger charge is -2.28. The first-order valence-corrected chi connectivity index (χ1v) is 6.72. The Bertz CT molecular complexity index is 245. The van der Waals surface area contributed by atoms with E-state index in [-0.39, 0.29) is 11.1 Å². The van der Waals surface area contributed by atoms with Gasteiger partial charge in [-0.05, 0) is 19.3 Å². The van der Waals surface area contributed by atoms with Crippen LogP contribution in [0, 0.1) is 0 Å². The zero-order valence-corrected chi connectivity index (χ0v) is 9.44. The summed E-state index contributed by atoms with van der Waals surface area (Å²) in [7, 11) is -2.98. The molecule has 1 aliphatic heterocycles. The highest BCUT2D eigenvalue weighted by atomic mass is 35.5. The van der Waals surface area contributed by atoms with Gasteiger partial charge in [0.2, 0.25) is 10.0 Å². The Hall–Kier alpha value is 0.200. The Morgan fingerprint density at radius 1 is 1.38 bits per heavy atom. The quantitative estimate of drug-likeness (QED) is 0.682. The van der Waals surface area contributed by atoms with Gasteiger partial charge in [-0.2, -0.15) is 0 Å². The van der Waals surface area contributed by atoms with Gasteiger partial charge in [0, 0.05) is 18.5 Å². The largest absolute Gasteiger partial charge is 0.214 e. The van der Waals surface area contributed by atoms with Gasteiger partial charge in [-0.1, -0.05) is 6.92 Å². The van der Waals surface area contributed by atoms with Crippen LogP contribution in [-0.2, 0) is 10.0 Å². The van der Waals surface area contributed by atoms with Gasteiger partial charge < -0.3 is 0 Å². The maximum absolute atomic E-state index is 11.6. The Kier molecular flexibility index (Phi) is 4.01. The van der Waals surface area contributed by atoms with Crippen LogP contribution in [0.4, 0.5) is 0 Å². The van der Waals surface area contributed by atoms with Crippen molar-refractivity contribution in [2.45, 2.75) is 31.6 Å². The molecule has 0 saturated carbocycles. The molecule has 0 atom stereocenters. The molecule has 0 N–H and O–H groups in total. The summed E-state index contributed by atoms with van der Waals surface area (Å²) in [4.78, 5) is 0. The standard InChI is InChI=1S/C8H16ClNO2S/c1-2-7-13(11,12)10-5-3-8(9)4-6-10/h8H,2-7H2,1H3. The highest BCUT2D eigenvalue weighted by Gasteiger charge is 2.25. The van der Waals surface area contributed by atoms with Crippen molar-refractivity contribution in [3.63, 3.8) is 0 Å². The second-order valence-electron chi connectivity index (χ2n) is 3.39. The van der Waals surface area contributed by atoms with E-state index in [4.69, 9.17) is 11.6 Å². The molecule has 1 rings (SSSR count). The average Bonchev–Trinajstić information content (AvgIpc) is 2.05. The lowest BCUT2D eigenvalue weighted by Crippen LogP contribution is -2.39. The van der Waals surface area contributed by atoms with Crippen LogP contribution in [0.2, 0.25) is 0 Å². The summed E-state index contributed by atoms with van der Waals surface area (Å²) in [5.74, 6) is 0.264. The molecule has 0 aliphatic carbocycles. The molecule has 1 saturated heterocycles. The molecule has 0 amide bonds. The van der Waals surface area contributed by atoms with Crippen molar-refractivity contribution in [1.29, 1.82) is 0 Å². The monoisotopic (exact) mass is 225 g/mol. The first-order valence-electron chi connectivity index (χ1n) is 4.68. The first kappa shape index (κ1) is 11.3. The second kappa shape index (κ2) is 4.62. The van der Waals surface area contributed by atoms with Gasteiger partial charge in [-0.15, -0.1) is 11.6 Å². The normalized spacial score (nSPS) is 22.0. The Balaban J connectivity index is 2.53. The molecular weight excluding hydrogens is 210 g/mol. The van der Waals surface area contributed by atoms with E-state index in [1.165, 1.54) is 0 Å². The van der Waals surface area contributed by atoms with Gasteiger partial charge in [-0.3, -0.25) is 0 Å². The van der Waals surface area contributed by atoms with Crippen LogP contribution in [-0.4, -0.2) is 36.9 Å². The number of hydrogen-bond donors (Lipinski definition) is 0. The summed E-state index contributed by atoms with van der Waals surface area (Å²) in [6.45, 7) is 3.07. The van der Waals surface area contributed by atoms with Gasteiger partial charge in [0.25, 0.3) is 0 Å². The summed E-state index contributed by atoms with van der Waals surface area (Å²) >= 11 is 5.89. The summed E-state index contributed by atoms with van der Waals surface area (Å²) < 4.78 is 24.7. The minimum atomic E-state index is -2.98. The molecule has 1 fully saturated rings. The summed E-state index contributed by atoms with van der Waals surface area (Å²) in [5.41, 5.74) is 0. The smallest absolute Gasteiger partial charge is 0.212 e. The maximum atomic E-state index is 11.6. The van der Waals surface area contributed by atoms with E-state index in [0.717, 1.165) is 12.8 Å². The predicted molar refractivity (Wildman–Crippen MR) is 54.5 cm³/mol. The van der Waals surface area contributed by atoms with Crippen LogP contribution in [0.3, 0.4) is 0 Å². The van der Waals surface area contributed by atoms with Crippen molar-refractivity contribution < 1.29 is 8.42 Å². The fourth-order valence-corrected chi connectivity index (χ4v) is 3.23. The summed E-state index contributed by atoms with van der Waals surface area (Å²) in [6, 6.07) is 0. The molecule has 0 spiro atoms. The van der Waals surface area contributed by atoms with Gasteiger partial charge in [0.05, 0.1) is 5.75 Å². The third-order valence-electron chi connectivity index (χ3n) is 2.24. The van der Waals surface area contributed by atoms with Crippen LogP contribution < -0.4 is 0 Å². The van der Waals surface area contributed by atoms with E-state index in [2.05, 4.69) is 0 Å². The Labute approximate surface area is 85.1 Å². The van der Waals surface area contributed by atoms with Crippen LogP contribution >= 0.6 is 11.6 Å². The van der Waals surface area contributed by atoms with Gasteiger partial charge in [0.1, 0.15) is 0 Å². The molecule has 5 heteroatoms. The first-order chi connectivity index (χ1) is 6.06. The third kappa shape index (κ3) is 3.11. The van der Waals surface area contributed by atoms with E-state index < -0.39 is 10.0 Å². The van der Waals surface area contributed by atoms with Crippen molar-refractivity contribution in [3.05, 3.63) is 0 Å². The van der Waals surface area contributed by atoms with Crippen molar-refractivity contribution in [2.75, 3.05) is 18.8 Å². The number of halogens is 1. The van der Waals surface area contributed by atoms with Crippen LogP contribution in [0.25, 0.3) is 0 Å². The van der Waals surface area contributed by atoms with Crippen LogP contribution in [0.1, 0.15) is 26.2 Å². The molecule has 0 bridgehead atoms. The third-order valence-corrected chi connectivity index (χ3v) is 4.75. The van der Waals surface area contributed by atoms with E-state index in [0.29, 0.717) is 19.5 Å². The minimum absolute atomic E-state index is 0.160. The molecule has 1 heterocycles. The molecule has 0 radical (unpaired) electrons. The maximum Gasteiger partial charge on any atom is 0.214 e. The van der Waals surface area contributed by atoms with Crippen molar-refractivity contribution >= 4 is 21.6 Å². The lowest BCUT2D eigenvalue weighted by atomic mass is 10.2. The number of piperidine rings is 1. The van der Waals surface area contributed by atoms with Crippen LogP contribution in [0.5, 0.6) is 0 Å². The lowest BCUT2D eigenvalue weighted by molar-refractivity contribution is 0.350. The highest BCUT2D eigenvalue weighted by Crippen LogP contribution is 2.18. The zero-order valence-electron chi connectivity index (χ0n) is 7.87. The molecule has 0 aromatic heterocycles. The molecule has 0 aromatic carbocycles. The van der Waals surface area contributed by atoms with Gasteiger partial charge in [0.15, 0.2) is 0 Å². The van der Waals surface area contributed by atoms with E-state index in [1.807, 2.05) is 6.92 Å². The number of hydrogen-bond acceptors (Lipinski definition) is 2. The van der Waals surface area contributed by atoms with Crippen molar-refractivity contribution in [1.82, 2.24) is 4.31 Å². The minimum Gasteiger partial charge on any atom is -0.212 e. The zero-order chi connectivity index (χ0) is 9.90. The average molecular weight is 226 g/mol. The van der Waals surface area contributed by atoms with E-state index >= 15 is 0 Å². The molecule has 1 aliphatic rings. The molecule has 13 heavy (non-hydrogen) atoms. The summed E-state index contributed by atoms with van der Waals surface area (Å²) in [5, 5.41) is 0.160. The van der Waals surface area contributed by atoms with Crippen LogP contribution in [0.15, 0.2) is 0 Å². The Morgan fingerprint density at radius 2 is 1.92 bits per heavy atom. The fourth-order valence-electron chi connectivity index (χ4n) is 1.49. The molecule has 0 unspecified atom stereocenters. The number of alkyl halides is 1. The second-order valence-corrected chi connectivity index (χ2v) is 6.10. The van der Waals surface area contributed by atoms with Gasteiger partial charge in [-0.25, -0.2) is 12.7 Å². The molecule has 3 nitrogen and oxygen atoms in total. The highest BCUT2D eigenvalue weighted by molar-refractivity contribution is 7.89. The SMILES string of the molecule is CCCS(=O)(=O)N1CCC(Cl)CC1. The fraction of sp³-hybridized carbons (Fsp3) is 1.00. The Morgan fingerprint density at radius 3 is 2.38 bits per heavy atom. The van der Waals surface area contributed by atoms with E-state index in [9.17, 15) is 8.42 Å². The summed E-state index contributed by atoms with van der Waals surface area (Å²) in [6.07, 6.45) is 2.25. The van der Waals surface area contributed by atoms with Crippen molar-refractivity contribution in [2.24, 2.45) is 0 Å². The number of sulfonamides is 1. The predicted octanol–water partition coefficient (Wildman–Crippen LogP) is 1.43. The van der Waals surface area contributed by atoms with E-state index in [1.54, 1.807) is 4.31 Å². The van der Waals surface area contributed by atoms with Crippen molar-refractivity contribution in [3.8, 4) is 0 Å². The molecular formula is C8H16ClNO2S. The van der Waals surface area contributed by atoms with Gasteiger partial charge >= 0.3 is 0 Å². The topological polar surface area (TPSA) is 37.4 Å². The number of nitrogens with zero attached hydrogens (tertiary/aromatic N) is 1. The molecule has 78 valence electrons. The molecule has 0 aromatic rings.